The molecule has 6 rings (SSSR count). The molecule has 2 aromatic rings. The van der Waals surface area contributed by atoms with E-state index in [-0.39, 0.29) is 36.2 Å². The molecule has 1 amide bonds. The van der Waals surface area contributed by atoms with Crippen molar-refractivity contribution in [1.29, 1.82) is 0 Å². The molecular weight excluding hydrogens is 617 g/mol. The SMILES string of the molecule is CCc1cc(N2CCC(N3CCN(C)CC3)CC2)ccc1Nc1ncc(C(F)(F)F)c(NCCCN2C(=O)C(CC3CC3)CC2CC)n1. The van der Waals surface area contributed by atoms with Gasteiger partial charge in [0, 0.05) is 87.9 Å². The summed E-state index contributed by atoms with van der Waals surface area (Å²) in [5.74, 6) is 0.880. The maximum absolute atomic E-state index is 13.9. The molecule has 0 spiro atoms. The van der Waals surface area contributed by atoms with Gasteiger partial charge in [-0.15, -0.1) is 0 Å². The van der Waals surface area contributed by atoms with E-state index in [2.05, 4.69) is 68.3 Å². The molecule has 9 nitrogen and oxygen atoms in total. The Balaban J connectivity index is 1.06. The average Bonchev–Trinajstić information content (AvgIpc) is 3.86. The summed E-state index contributed by atoms with van der Waals surface area (Å²) in [6.07, 6.45) is 5.07. The Morgan fingerprint density at radius 2 is 1.75 bits per heavy atom. The lowest BCUT2D eigenvalue weighted by Gasteiger charge is -2.42. The molecule has 1 aromatic heterocycles. The Morgan fingerprint density at radius 3 is 2.42 bits per heavy atom. The van der Waals surface area contributed by atoms with Crippen molar-refractivity contribution in [2.45, 2.75) is 89.9 Å². The summed E-state index contributed by atoms with van der Waals surface area (Å²) in [6, 6.07) is 7.11. The number of amides is 1. The average molecular weight is 671 g/mol. The van der Waals surface area contributed by atoms with Crippen molar-refractivity contribution < 1.29 is 18.0 Å². The summed E-state index contributed by atoms with van der Waals surface area (Å²) in [4.78, 5) is 30.9. The highest BCUT2D eigenvalue weighted by Gasteiger charge is 2.41. The minimum absolute atomic E-state index is 0.101. The summed E-state index contributed by atoms with van der Waals surface area (Å²) in [5.41, 5.74) is 2.13. The lowest BCUT2D eigenvalue weighted by Crippen LogP contribution is -2.52. The molecule has 0 bridgehead atoms. The summed E-state index contributed by atoms with van der Waals surface area (Å²) in [5, 5.41) is 6.11. The number of rotatable bonds is 13. The molecule has 0 radical (unpaired) electrons. The van der Waals surface area contributed by atoms with Gasteiger partial charge in [0.1, 0.15) is 11.4 Å². The van der Waals surface area contributed by atoms with Crippen molar-refractivity contribution in [3.8, 4) is 0 Å². The molecule has 4 fully saturated rings. The number of piperazine rings is 1. The molecule has 1 aliphatic carbocycles. The number of piperidine rings is 1. The fourth-order valence-electron chi connectivity index (χ4n) is 7.83. The Morgan fingerprint density at radius 1 is 1.00 bits per heavy atom. The third-order valence-electron chi connectivity index (χ3n) is 11.0. The number of hydrogen-bond acceptors (Lipinski definition) is 8. The van der Waals surface area contributed by atoms with E-state index in [1.165, 1.54) is 18.5 Å². The number of alkyl halides is 3. The van der Waals surface area contributed by atoms with Crippen LogP contribution in [0.1, 0.15) is 76.3 Å². The molecule has 4 heterocycles. The maximum Gasteiger partial charge on any atom is 0.421 e. The number of carbonyl (C=O) groups excluding carboxylic acids is 1. The van der Waals surface area contributed by atoms with Gasteiger partial charge >= 0.3 is 6.18 Å². The van der Waals surface area contributed by atoms with Crippen LogP contribution in [-0.2, 0) is 17.4 Å². The standard InChI is InChI=1S/C36H53F3N8O/c1-4-26-22-30(45-15-11-29(12-16-45)46-19-17-44(3)18-20-46)9-10-32(26)42-35-41-24-31(36(37,38)39)33(43-35)40-13-6-14-47-28(5-2)23-27(34(47)48)21-25-7-8-25/h9-10,22,24-25,27-29H,4-8,11-21,23H2,1-3H3,(H2,40,41,42,43). The number of aryl methyl sites for hydroxylation is 1. The van der Waals surface area contributed by atoms with Crippen LogP contribution in [0.3, 0.4) is 0 Å². The molecule has 1 aromatic carbocycles. The van der Waals surface area contributed by atoms with Gasteiger partial charge in [0.05, 0.1) is 0 Å². The minimum Gasteiger partial charge on any atom is -0.371 e. The number of hydrogen-bond donors (Lipinski definition) is 2. The second-order valence-corrected chi connectivity index (χ2v) is 14.3. The van der Waals surface area contributed by atoms with E-state index in [9.17, 15) is 18.0 Å². The van der Waals surface area contributed by atoms with Crippen LogP contribution in [0.4, 0.5) is 36.3 Å². The molecule has 2 N–H and O–H groups in total. The Kier molecular flexibility index (Phi) is 11.0. The van der Waals surface area contributed by atoms with E-state index in [4.69, 9.17) is 0 Å². The smallest absolute Gasteiger partial charge is 0.371 e. The van der Waals surface area contributed by atoms with Gasteiger partial charge in [-0.2, -0.15) is 18.2 Å². The van der Waals surface area contributed by atoms with E-state index in [1.807, 2.05) is 11.0 Å². The van der Waals surface area contributed by atoms with Crippen LogP contribution in [0, 0.1) is 11.8 Å². The molecule has 4 aliphatic rings. The molecule has 3 aliphatic heterocycles. The van der Waals surface area contributed by atoms with Crippen LogP contribution >= 0.6 is 0 Å². The summed E-state index contributed by atoms with van der Waals surface area (Å²) >= 11 is 0. The number of likely N-dealkylation sites (tertiary alicyclic amines) is 1. The van der Waals surface area contributed by atoms with Crippen LogP contribution in [0.5, 0.6) is 0 Å². The molecule has 48 heavy (non-hydrogen) atoms. The lowest BCUT2D eigenvalue weighted by atomic mass is 9.98. The zero-order valence-electron chi connectivity index (χ0n) is 28.9. The molecular formula is C36H53F3N8O. The van der Waals surface area contributed by atoms with Crippen molar-refractivity contribution in [3.63, 3.8) is 0 Å². The number of nitrogens with zero attached hydrogens (tertiary/aromatic N) is 6. The third-order valence-corrected chi connectivity index (χ3v) is 11.0. The second kappa shape index (κ2) is 15.2. The van der Waals surface area contributed by atoms with Crippen LogP contribution in [0.2, 0.25) is 0 Å². The van der Waals surface area contributed by atoms with Crippen LogP contribution < -0.4 is 15.5 Å². The number of halogens is 3. The van der Waals surface area contributed by atoms with Crippen molar-refractivity contribution in [1.82, 2.24) is 24.7 Å². The van der Waals surface area contributed by atoms with Gasteiger partial charge < -0.3 is 25.3 Å². The first kappa shape index (κ1) is 34.7. The first-order valence-corrected chi connectivity index (χ1v) is 18.2. The van der Waals surface area contributed by atoms with E-state index in [1.54, 1.807) is 0 Å². The highest BCUT2D eigenvalue weighted by Crippen LogP contribution is 2.40. The number of carbonyl (C=O) groups is 1. The van der Waals surface area contributed by atoms with Gasteiger partial charge in [-0.25, -0.2) is 4.98 Å². The number of nitrogens with one attached hydrogen (secondary N) is 2. The minimum atomic E-state index is -4.59. The third kappa shape index (κ3) is 8.35. The van der Waals surface area contributed by atoms with Gasteiger partial charge in [0.25, 0.3) is 0 Å². The zero-order valence-corrected chi connectivity index (χ0v) is 28.9. The van der Waals surface area contributed by atoms with E-state index >= 15 is 0 Å². The first-order valence-electron chi connectivity index (χ1n) is 18.2. The highest BCUT2D eigenvalue weighted by atomic mass is 19.4. The predicted octanol–water partition coefficient (Wildman–Crippen LogP) is 6.25. The van der Waals surface area contributed by atoms with Crippen molar-refractivity contribution in [2.75, 3.05) is 74.9 Å². The van der Waals surface area contributed by atoms with Gasteiger partial charge in [0.15, 0.2) is 0 Å². The van der Waals surface area contributed by atoms with Gasteiger partial charge in [-0.3, -0.25) is 9.69 Å². The van der Waals surface area contributed by atoms with Gasteiger partial charge in [-0.05, 0) is 81.7 Å². The van der Waals surface area contributed by atoms with Crippen molar-refractivity contribution >= 4 is 29.0 Å². The molecule has 2 atom stereocenters. The van der Waals surface area contributed by atoms with Crippen molar-refractivity contribution in [2.24, 2.45) is 11.8 Å². The molecule has 1 saturated carbocycles. The molecule has 264 valence electrons. The summed E-state index contributed by atoms with van der Waals surface area (Å²) in [7, 11) is 2.19. The molecule has 2 unspecified atom stereocenters. The first-order chi connectivity index (χ1) is 23.1. The van der Waals surface area contributed by atoms with Crippen LogP contribution in [0.25, 0.3) is 0 Å². The van der Waals surface area contributed by atoms with Crippen LogP contribution in [0.15, 0.2) is 24.4 Å². The second-order valence-electron chi connectivity index (χ2n) is 14.3. The quantitative estimate of drug-likeness (QED) is 0.243. The van der Waals surface area contributed by atoms with Gasteiger partial charge in [0.2, 0.25) is 11.9 Å². The Labute approximate surface area is 283 Å². The summed E-state index contributed by atoms with van der Waals surface area (Å²) in [6.45, 7) is 11.6. The summed E-state index contributed by atoms with van der Waals surface area (Å²) < 4.78 is 41.8. The largest absolute Gasteiger partial charge is 0.421 e. The maximum atomic E-state index is 13.9. The predicted molar refractivity (Wildman–Crippen MR) is 185 cm³/mol. The van der Waals surface area contributed by atoms with Crippen LogP contribution in [-0.4, -0.2) is 102 Å². The number of aromatic nitrogens is 2. The zero-order chi connectivity index (χ0) is 33.8. The normalized spacial score (nSPS) is 23.2. The highest BCUT2D eigenvalue weighted by molar-refractivity contribution is 5.81. The number of benzene rings is 1. The topological polar surface area (TPSA) is 79.9 Å². The number of likely N-dealkylation sites (N-methyl/N-ethyl adjacent to an activating group) is 1. The Bertz CT molecular complexity index is 1390. The lowest BCUT2D eigenvalue weighted by molar-refractivity contribution is -0.137. The van der Waals surface area contributed by atoms with E-state index in [0.717, 1.165) is 95.2 Å². The fraction of sp³-hybridized carbons (Fsp3) is 0.694. The fourth-order valence-corrected chi connectivity index (χ4v) is 7.83. The van der Waals surface area contributed by atoms with Gasteiger partial charge in [-0.1, -0.05) is 26.7 Å². The molecule has 12 heteroatoms. The monoisotopic (exact) mass is 670 g/mol. The van der Waals surface area contributed by atoms with E-state index in [0.29, 0.717) is 24.9 Å². The molecule has 3 saturated heterocycles. The van der Waals surface area contributed by atoms with Crippen molar-refractivity contribution in [3.05, 3.63) is 35.5 Å². The van der Waals surface area contributed by atoms with E-state index < -0.39 is 11.7 Å². The number of anilines is 4. The Hall–Kier alpha value is -3.12.